The summed E-state index contributed by atoms with van der Waals surface area (Å²) in [6.07, 6.45) is 12.6. The van der Waals surface area contributed by atoms with Gasteiger partial charge in [-0.3, -0.25) is 9.08 Å². The highest BCUT2D eigenvalue weighted by Gasteiger charge is 2.16. The predicted molar refractivity (Wildman–Crippen MR) is 112 cm³/mol. The first-order chi connectivity index (χ1) is 14.2. The van der Waals surface area contributed by atoms with Gasteiger partial charge in [-0.05, 0) is 36.6 Å². The number of aliphatic hydroxyl groups is 1. The third kappa shape index (κ3) is 3.38. The van der Waals surface area contributed by atoms with Crippen LogP contribution < -0.4 is 5.32 Å². The van der Waals surface area contributed by atoms with Crippen molar-refractivity contribution >= 4 is 11.5 Å². The molecule has 29 heavy (non-hydrogen) atoms. The smallest absolute Gasteiger partial charge is 0.137 e. The van der Waals surface area contributed by atoms with Gasteiger partial charge in [-0.25, -0.2) is 9.97 Å². The van der Waals surface area contributed by atoms with Crippen LogP contribution in [0.3, 0.4) is 0 Å². The molecular formula is C22H24N6O. The Bertz CT molecular complexity index is 1160. The van der Waals surface area contributed by atoms with E-state index < -0.39 is 0 Å². The number of rotatable bonds is 5. The first kappa shape index (κ1) is 17.9. The Morgan fingerprint density at radius 1 is 1.17 bits per heavy atom. The largest absolute Gasteiger partial charge is 0.392 e. The minimum Gasteiger partial charge on any atom is -0.392 e. The van der Waals surface area contributed by atoms with Crippen LogP contribution in [0, 0.1) is 0 Å². The number of aryl methyl sites for hydroxylation is 1. The van der Waals surface area contributed by atoms with Crippen LogP contribution >= 0.6 is 0 Å². The predicted octanol–water partition coefficient (Wildman–Crippen LogP) is 3.64. The molecule has 0 radical (unpaired) electrons. The fraction of sp³-hybridized carbons (Fsp3) is 0.318. The summed E-state index contributed by atoms with van der Waals surface area (Å²) >= 11 is 0. The molecule has 4 aromatic rings. The molecule has 7 heteroatoms. The van der Waals surface area contributed by atoms with Crippen LogP contribution in [0.15, 0.2) is 49.1 Å². The summed E-state index contributed by atoms with van der Waals surface area (Å²) in [5, 5.41) is 17.7. The maximum absolute atomic E-state index is 9.86. The minimum atomic E-state index is -0.0536. The Morgan fingerprint density at radius 3 is 2.79 bits per heavy atom. The molecule has 7 nitrogen and oxygen atoms in total. The van der Waals surface area contributed by atoms with E-state index in [1.54, 1.807) is 10.9 Å². The second-order valence-electron chi connectivity index (χ2n) is 7.68. The van der Waals surface area contributed by atoms with Gasteiger partial charge in [-0.15, -0.1) is 0 Å². The molecule has 5 rings (SSSR count). The second-order valence-corrected chi connectivity index (χ2v) is 7.68. The number of hydrogen-bond donors (Lipinski definition) is 2. The maximum atomic E-state index is 9.86. The summed E-state index contributed by atoms with van der Waals surface area (Å²) in [5.41, 5.74) is 5.30. The average molecular weight is 388 g/mol. The number of pyridine rings is 2. The van der Waals surface area contributed by atoms with E-state index in [0.717, 1.165) is 39.5 Å². The van der Waals surface area contributed by atoms with Gasteiger partial charge < -0.3 is 10.4 Å². The van der Waals surface area contributed by atoms with Gasteiger partial charge in [0.1, 0.15) is 11.5 Å². The van der Waals surface area contributed by atoms with Crippen molar-refractivity contribution in [2.75, 3.05) is 5.32 Å². The van der Waals surface area contributed by atoms with Crippen LogP contribution in [0.25, 0.3) is 28.2 Å². The molecule has 0 bridgehead atoms. The highest BCUT2D eigenvalue weighted by Crippen LogP contribution is 2.29. The van der Waals surface area contributed by atoms with Crippen molar-refractivity contribution in [3.8, 4) is 22.5 Å². The second kappa shape index (κ2) is 7.33. The number of hydrogen-bond acceptors (Lipinski definition) is 5. The number of nitrogens with one attached hydrogen (secondary N) is 1. The lowest BCUT2D eigenvalue weighted by Gasteiger charge is -2.13. The molecule has 1 saturated carbocycles. The average Bonchev–Trinajstić information content (AvgIpc) is 3.48. The van der Waals surface area contributed by atoms with Crippen LogP contribution in [-0.4, -0.2) is 35.3 Å². The van der Waals surface area contributed by atoms with Crippen LogP contribution in [0.5, 0.6) is 0 Å². The van der Waals surface area contributed by atoms with Crippen molar-refractivity contribution in [3.63, 3.8) is 0 Å². The molecule has 0 aliphatic heterocycles. The van der Waals surface area contributed by atoms with Crippen molar-refractivity contribution in [1.29, 1.82) is 0 Å². The molecule has 0 atom stereocenters. The van der Waals surface area contributed by atoms with E-state index in [1.807, 2.05) is 54.3 Å². The van der Waals surface area contributed by atoms with Gasteiger partial charge in [0.15, 0.2) is 0 Å². The Labute approximate surface area is 169 Å². The van der Waals surface area contributed by atoms with Crippen molar-refractivity contribution < 1.29 is 5.11 Å². The van der Waals surface area contributed by atoms with E-state index in [-0.39, 0.29) is 6.61 Å². The topological polar surface area (TPSA) is 80.3 Å². The summed E-state index contributed by atoms with van der Waals surface area (Å²) in [4.78, 5) is 9.39. The highest BCUT2D eigenvalue weighted by molar-refractivity contribution is 5.71. The molecule has 4 heterocycles. The Kier molecular flexibility index (Phi) is 4.52. The first-order valence-corrected chi connectivity index (χ1v) is 10.0. The van der Waals surface area contributed by atoms with Crippen LogP contribution in [0.4, 0.5) is 5.82 Å². The fourth-order valence-electron chi connectivity index (χ4n) is 4.14. The van der Waals surface area contributed by atoms with Gasteiger partial charge in [0.05, 0.1) is 30.4 Å². The molecule has 0 saturated heterocycles. The minimum absolute atomic E-state index is 0.0536. The van der Waals surface area contributed by atoms with E-state index in [2.05, 4.69) is 15.4 Å². The van der Waals surface area contributed by atoms with E-state index in [0.29, 0.717) is 6.04 Å². The summed E-state index contributed by atoms with van der Waals surface area (Å²) in [5.74, 6) is 0.906. The number of imidazole rings is 1. The number of fused-ring (bicyclic) bond motifs is 1. The van der Waals surface area contributed by atoms with Crippen molar-refractivity contribution in [1.82, 2.24) is 24.1 Å². The van der Waals surface area contributed by atoms with Crippen LogP contribution in [0.2, 0.25) is 0 Å². The fourth-order valence-corrected chi connectivity index (χ4v) is 4.14. The molecule has 0 spiro atoms. The lowest BCUT2D eigenvalue weighted by atomic mass is 10.1. The molecule has 148 valence electrons. The summed E-state index contributed by atoms with van der Waals surface area (Å²) in [6.45, 7) is -0.0536. The number of aliphatic hydroxyl groups excluding tert-OH is 1. The van der Waals surface area contributed by atoms with E-state index in [4.69, 9.17) is 4.98 Å². The lowest BCUT2D eigenvalue weighted by Crippen LogP contribution is -2.15. The molecule has 1 aliphatic carbocycles. The zero-order valence-corrected chi connectivity index (χ0v) is 16.4. The van der Waals surface area contributed by atoms with Crippen molar-refractivity contribution in [2.45, 2.75) is 38.3 Å². The molecule has 0 unspecified atom stereocenters. The SMILES string of the molecule is Cn1cc(-c2cn3c(-c4cccc(NC5CCCC5)n4)cnc3cc2CO)cn1. The number of nitrogens with zero attached hydrogens (tertiary/aromatic N) is 5. The Hall–Kier alpha value is -3.19. The quantitative estimate of drug-likeness (QED) is 0.546. The third-order valence-electron chi connectivity index (χ3n) is 5.64. The number of aromatic nitrogens is 5. The monoisotopic (exact) mass is 388 g/mol. The summed E-state index contributed by atoms with van der Waals surface area (Å²) < 4.78 is 3.79. The number of anilines is 1. The summed E-state index contributed by atoms with van der Waals surface area (Å²) in [6, 6.07) is 8.50. The molecule has 0 aromatic carbocycles. The van der Waals surface area contributed by atoms with Gasteiger partial charge in [-0.2, -0.15) is 5.10 Å². The van der Waals surface area contributed by atoms with Gasteiger partial charge in [0, 0.05) is 36.6 Å². The van der Waals surface area contributed by atoms with Crippen LogP contribution in [0.1, 0.15) is 31.2 Å². The van der Waals surface area contributed by atoms with E-state index in [9.17, 15) is 5.11 Å². The van der Waals surface area contributed by atoms with Gasteiger partial charge >= 0.3 is 0 Å². The Morgan fingerprint density at radius 2 is 2.03 bits per heavy atom. The third-order valence-corrected chi connectivity index (χ3v) is 5.64. The summed E-state index contributed by atoms with van der Waals surface area (Å²) in [7, 11) is 1.88. The molecule has 0 amide bonds. The van der Waals surface area contributed by atoms with E-state index >= 15 is 0 Å². The van der Waals surface area contributed by atoms with Gasteiger partial charge in [0.2, 0.25) is 0 Å². The van der Waals surface area contributed by atoms with Gasteiger partial charge in [0.25, 0.3) is 0 Å². The zero-order valence-electron chi connectivity index (χ0n) is 16.4. The molecule has 4 aromatic heterocycles. The normalized spacial score (nSPS) is 14.7. The molecular weight excluding hydrogens is 364 g/mol. The Balaban J connectivity index is 1.57. The molecule has 2 N–H and O–H groups in total. The van der Waals surface area contributed by atoms with Crippen molar-refractivity contribution in [3.05, 3.63) is 54.6 Å². The molecule has 1 fully saturated rings. The van der Waals surface area contributed by atoms with Crippen LogP contribution in [-0.2, 0) is 13.7 Å². The standard InChI is InChI=1S/C22H24N6O/c1-27-12-16(10-24-27)18-13-28-20(11-23-22(28)9-15(18)14-29)19-7-4-8-21(26-19)25-17-5-2-3-6-17/h4,7-13,17,29H,2-3,5-6,14H2,1H3,(H,25,26). The van der Waals surface area contributed by atoms with Gasteiger partial charge in [-0.1, -0.05) is 18.9 Å². The lowest BCUT2D eigenvalue weighted by molar-refractivity contribution is 0.282. The van der Waals surface area contributed by atoms with Crippen molar-refractivity contribution in [2.24, 2.45) is 7.05 Å². The first-order valence-electron chi connectivity index (χ1n) is 10.0. The molecule has 1 aliphatic rings. The van der Waals surface area contributed by atoms with E-state index in [1.165, 1.54) is 25.7 Å². The maximum Gasteiger partial charge on any atom is 0.137 e. The highest BCUT2D eigenvalue weighted by atomic mass is 16.3. The zero-order chi connectivity index (χ0) is 19.8.